The van der Waals surface area contributed by atoms with Gasteiger partial charge in [0, 0.05) is 0 Å². The monoisotopic (exact) mass is 406 g/mol. The quantitative estimate of drug-likeness (QED) is 0.173. The molecule has 0 radical (unpaired) electrons. The highest BCUT2D eigenvalue weighted by Gasteiger charge is 2.35. The lowest BCUT2D eigenvalue weighted by Gasteiger charge is -2.19. The summed E-state index contributed by atoms with van der Waals surface area (Å²) in [4.78, 5) is 24.3. The van der Waals surface area contributed by atoms with Crippen molar-refractivity contribution in [2.75, 3.05) is 50.8 Å². The lowest BCUT2D eigenvalue weighted by molar-refractivity contribution is -0.337. The molecule has 0 saturated heterocycles. The zero-order chi connectivity index (χ0) is 19.2. The Labute approximate surface area is 134 Å². The molecule has 0 aromatic rings. The van der Waals surface area contributed by atoms with Crippen molar-refractivity contribution in [3.05, 3.63) is 0 Å². The van der Waals surface area contributed by atoms with Crippen molar-refractivity contribution in [2.24, 2.45) is 0 Å². The highest BCUT2D eigenvalue weighted by molar-refractivity contribution is 7.75. The van der Waals surface area contributed by atoms with Crippen LogP contribution in [0.25, 0.3) is 0 Å². The molecule has 0 aromatic carbocycles. The summed E-state index contributed by atoms with van der Waals surface area (Å²) in [5.41, 5.74) is 0. The Kier molecular flexibility index (Phi) is 18.5. The van der Waals surface area contributed by atoms with Crippen LogP contribution in [-0.4, -0.2) is 96.5 Å². The third-order valence-corrected chi connectivity index (χ3v) is 7.20. The maximum atomic E-state index is 8.66. The van der Waals surface area contributed by atoms with Crippen LogP contribution in [0.3, 0.4) is 0 Å². The largest absolute Gasteiger partial charge is 0.790 e. The van der Waals surface area contributed by atoms with Crippen molar-refractivity contribution in [2.45, 2.75) is 0 Å². The fourth-order valence-electron chi connectivity index (χ4n) is 0.537. The van der Waals surface area contributed by atoms with Gasteiger partial charge >= 0.3 is 0 Å². The summed E-state index contributed by atoms with van der Waals surface area (Å²) in [6, 6.07) is 0. The van der Waals surface area contributed by atoms with Crippen LogP contribution >= 0.6 is 22.3 Å². The van der Waals surface area contributed by atoms with E-state index in [4.69, 9.17) is 60.1 Å². The van der Waals surface area contributed by atoms with E-state index in [-0.39, 0.29) is 50.8 Å². The molecule has 0 aliphatic rings. The number of hydrogen-bond donors (Lipinski definition) is 9. The summed E-state index contributed by atoms with van der Waals surface area (Å²) < 4.78 is 8.66. The predicted octanol–water partition coefficient (Wildman–Crippen LogP) is -4.59. The van der Waals surface area contributed by atoms with Crippen LogP contribution < -0.4 is 9.79 Å². The minimum atomic E-state index is -5.14. The summed E-state index contributed by atoms with van der Waals surface area (Å²) in [6.07, 6.45) is -2.36. The van der Waals surface area contributed by atoms with Crippen LogP contribution in [0.5, 0.6) is 0 Å². The third kappa shape index (κ3) is 15.9. The topological polar surface area (TPSA) is 245 Å². The maximum absolute atomic E-state index is 8.66. The molecule has 12 nitrogen and oxygen atoms in total. The SMILES string of the molecule is O=P([O-])([O-])O.OC[P+](CO)(CO)CO.OC[P+](CO)(CO)CO. The number of aliphatic hydroxyl groups excluding tert-OH is 8. The summed E-state index contributed by atoms with van der Waals surface area (Å²) in [7, 11) is -9.53. The molecule has 15 heteroatoms. The Morgan fingerprint density at radius 2 is 0.652 bits per heavy atom. The Bertz CT molecular complexity index is 239. The highest BCUT2D eigenvalue weighted by Crippen LogP contribution is 2.55. The van der Waals surface area contributed by atoms with Gasteiger partial charge in [0.1, 0.15) is 14.5 Å². The van der Waals surface area contributed by atoms with Crippen molar-refractivity contribution in [1.82, 2.24) is 0 Å². The molecule has 9 N–H and O–H groups in total. The molecule has 0 aliphatic carbocycles. The van der Waals surface area contributed by atoms with Crippen LogP contribution in [0.15, 0.2) is 0 Å². The summed E-state index contributed by atoms with van der Waals surface area (Å²) >= 11 is 0. The summed E-state index contributed by atoms with van der Waals surface area (Å²) in [6.45, 7) is 0. The fourth-order valence-corrected chi connectivity index (χ4v) is 1.61. The van der Waals surface area contributed by atoms with E-state index >= 15 is 0 Å². The van der Waals surface area contributed by atoms with Crippen molar-refractivity contribution >= 4 is 22.3 Å². The summed E-state index contributed by atoms with van der Waals surface area (Å²) in [5, 5.41) is 68.4. The molecule has 0 aromatic heterocycles. The van der Waals surface area contributed by atoms with Gasteiger partial charge in [-0.05, 0) is 0 Å². The number of phosphoric acid groups is 1. The molecule has 0 fully saturated rings. The number of hydrogen-bond acceptors (Lipinski definition) is 11. The van der Waals surface area contributed by atoms with Crippen molar-refractivity contribution in [3.8, 4) is 0 Å². The standard InChI is InChI=1S/2C4H12O4P.H3O4P/c2*5-1-9(2-6,3-7)4-8;1-5(2,3)4/h2*5-8H,1-4H2;(H3,1,2,3,4)/q2*+1;/p-2. The van der Waals surface area contributed by atoms with E-state index < -0.39 is 22.3 Å². The van der Waals surface area contributed by atoms with E-state index in [0.717, 1.165) is 0 Å². The molecule has 0 bridgehead atoms. The second-order valence-electron chi connectivity index (χ2n) is 4.28. The highest BCUT2D eigenvalue weighted by atomic mass is 31.2. The molecule has 0 rings (SSSR count). The Morgan fingerprint density at radius 1 is 0.565 bits per heavy atom. The first-order valence-electron chi connectivity index (χ1n) is 5.81. The first kappa shape index (κ1) is 28.5. The average Bonchev–Trinajstić information content (AvgIpc) is 2.52. The molecule has 23 heavy (non-hydrogen) atoms. The minimum Gasteiger partial charge on any atom is -0.790 e. The van der Waals surface area contributed by atoms with E-state index in [1.807, 2.05) is 0 Å². The Morgan fingerprint density at radius 3 is 0.652 bits per heavy atom. The first-order chi connectivity index (χ1) is 10.5. The van der Waals surface area contributed by atoms with E-state index in [1.165, 1.54) is 0 Å². The molecule has 0 aliphatic heterocycles. The number of aliphatic hydroxyl groups is 8. The number of rotatable bonds is 8. The van der Waals surface area contributed by atoms with Gasteiger partial charge in [0.05, 0.1) is 7.82 Å². The molecule has 0 amide bonds. The van der Waals surface area contributed by atoms with E-state index in [9.17, 15) is 0 Å². The third-order valence-electron chi connectivity index (χ3n) is 2.40. The van der Waals surface area contributed by atoms with Gasteiger partial charge in [-0.3, -0.25) is 0 Å². The maximum Gasteiger partial charge on any atom is 0.161 e. The van der Waals surface area contributed by atoms with Gasteiger partial charge in [0.2, 0.25) is 0 Å². The first-order valence-corrected chi connectivity index (χ1v) is 12.4. The molecular formula is C8H25O12P3. The van der Waals surface area contributed by atoms with Crippen molar-refractivity contribution in [1.29, 1.82) is 0 Å². The van der Waals surface area contributed by atoms with Crippen LogP contribution in [0.4, 0.5) is 0 Å². The lowest BCUT2D eigenvalue weighted by atomic mass is 11.6. The van der Waals surface area contributed by atoms with Gasteiger partial charge in [-0.1, -0.05) is 0 Å². The van der Waals surface area contributed by atoms with Gasteiger partial charge in [-0.25, -0.2) is 0 Å². The lowest BCUT2D eigenvalue weighted by Crippen LogP contribution is -2.11. The van der Waals surface area contributed by atoms with Crippen LogP contribution in [0.1, 0.15) is 0 Å². The van der Waals surface area contributed by atoms with Gasteiger partial charge in [-0.15, -0.1) is 0 Å². The fraction of sp³-hybridized carbons (Fsp3) is 1.00. The molecule has 0 spiro atoms. The molecule has 0 unspecified atom stereocenters. The van der Waals surface area contributed by atoms with Crippen molar-refractivity contribution in [3.63, 3.8) is 0 Å². The molecule has 144 valence electrons. The van der Waals surface area contributed by atoms with Crippen LogP contribution in [-0.2, 0) is 4.57 Å². The Hall–Kier alpha value is 0.650. The predicted molar refractivity (Wildman–Crippen MR) is 80.4 cm³/mol. The molecular weight excluding hydrogens is 381 g/mol. The van der Waals surface area contributed by atoms with Gasteiger partial charge in [0.15, 0.2) is 50.8 Å². The van der Waals surface area contributed by atoms with Gasteiger partial charge in [-0.2, -0.15) is 0 Å². The normalized spacial score (nSPS) is 12.0. The van der Waals surface area contributed by atoms with E-state index in [1.54, 1.807) is 0 Å². The molecule has 0 atom stereocenters. The average molecular weight is 406 g/mol. The van der Waals surface area contributed by atoms with Gasteiger partial charge in [0.25, 0.3) is 0 Å². The smallest absolute Gasteiger partial charge is 0.161 e. The van der Waals surface area contributed by atoms with Gasteiger partial charge < -0.3 is 60.1 Å². The molecule has 0 heterocycles. The zero-order valence-electron chi connectivity index (χ0n) is 12.2. The van der Waals surface area contributed by atoms with Crippen LogP contribution in [0.2, 0.25) is 0 Å². The summed E-state index contributed by atoms with van der Waals surface area (Å²) in [5.74, 6) is 0. The second kappa shape index (κ2) is 14.9. The second-order valence-corrected chi connectivity index (χ2v) is 12.8. The molecule has 0 saturated carbocycles. The van der Waals surface area contributed by atoms with E-state index in [0.29, 0.717) is 0 Å². The van der Waals surface area contributed by atoms with Crippen molar-refractivity contribution < 1.29 is 60.1 Å². The van der Waals surface area contributed by atoms with Crippen LogP contribution in [0, 0.1) is 0 Å². The Balaban J connectivity index is -0.000000273. The van der Waals surface area contributed by atoms with E-state index in [2.05, 4.69) is 0 Å². The minimum absolute atomic E-state index is 0.295. The zero-order valence-corrected chi connectivity index (χ0v) is 14.9.